The van der Waals surface area contributed by atoms with Crippen molar-refractivity contribution in [2.75, 3.05) is 11.9 Å². The molecule has 3 N–H and O–H groups in total. The summed E-state index contributed by atoms with van der Waals surface area (Å²) in [5.74, 6) is -0.518. The van der Waals surface area contributed by atoms with Crippen molar-refractivity contribution in [3.05, 3.63) is 75.4 Å². The molecule has 0 atom stereocenters. The number of carbonyl (C=O) groups is 1. The van der Waals surface area contributed by atoms with Crippen LogP contribution in [0.25, 0.3) is 0 Å². The Morgan fingerprint density at radius 1 is 1.26 bits per heavy atom. The molecular weight excluding hydrogens is 450 g/mol. The lowest BCUT2D eigenvalue weighted by molar-refractivity contribution is -0.386. The summed E-state index contributed by atoms with van der Waals surface area (Å²) in [5.41, 5.74) is 0.160. The summed E-state index contributed by atoms with van der Waals surface area (Å²) >= 11 is 6.15. The number of ether oxygens (including phenoxy) is 1. The second kappa shape index (κ2) is 9.12. The first kappa shape index (κ1) is 22.2. The van der Waals surface area contributed by atoms with E-state index in [9.17, 15) is 23.3 Å². The molecule has 0 radical (unpaired) electrons. The fourth-order valence-corrected chi connectivity index (χ4v) is 3.34. The monoisotopic (exact) mass is 465 g/mol. The van der Waals surface area contributed by atoms with Crippen LogP contribution in [0.4, 0.5) is 11.5 Å². The summed E-state index contributed by atoms with van der Waals surface area (Å²) in [6.07, 6.45) is 1.49. The molecule has 0 saturated heterocycles. The summed E-state index contributed by atoms with van der Waals surface area (Å²) in [6.45, 7) is -0.253. The van der Waals surface area contributed by atoms with E-state index in [2.05, 4.69) is 10.4 Å². The van der Waals surface area contributed by atoms with E-state index in [0.717, 1.165) is 23.8 Å². The van der Waals surface area contributed by atoms with Crippen LogP contribution in [0.15, 0.2) is 59.6 Å². The van der Waals surface area contributed by atoms with Crippen LogP contribution < -0.4 is 15.2 Å². The quantitative estimate of drug-likeness (QED) is 0.380. The van der Waals surface area contributed by atoms with Gasteiger partial charge in [-0.05, 0) is 23.8 Å². The molecule has 0 fully saturated rings. The van der Waals surface area contributed by atoms with Crippen LogP contribution in [0.5, 0.6) is 5.75 Å². The van der Waals surface area contributed by atoms with Crippen LogP contribution >= 0.6 is 11.6 Å². The number of primary sulfonamides is 1. The van der Waals surface area contributed by atoms with Gasteiger partial charge in [-0.25, -0.2) is 18.2 Å². The summed E-state index contributed by atoms with van der Waals surface area (Å²) in [6, 6.07) is 11.6. The predicted octanol–water partition coefficient (Wildman–Crippen LogP) is 2.16. The van der Waals surface area contributed by atoms with Crippen LogP contribution in [0.1, 0.15) is 5.56 Å². The number of nitrogens with zero attached hydrogens (tertiary/aromatic N) is 3. The standard InChI is InChI=1S/C18H16ClN5O6S/c19-14-4-2-1-3-12(14)10-23-17(7-8-21-23)22-18(25)11-30-16-6-5-13(31(20,28)29)9-15(16)24(26)27/h1-9H,10-11H2,(H,22,25)(H2,20,28,29). The highest BCUT2D eigenvalue weighted by atomic mass is 35.5. The van der Waals surface area contributed by atoms with Gasteiger partial charge in [0, 0.05) is 17.2 Å². The number of amides is 1. The first-order valence-corrected chi connectivity index (χ1v) is 10.6. The van der Waals surface area contributed by atoms with E-state index in [-0.39, 0.29) is 5.75 Å². The number of rotatable bonds is 8. The Hall–Kier alpha value is -3.48. The lowest BCUT2D eigenvalue weighted by Gasteiger charge is -2.11. The number of benzene rings is 2. The first-order chi connectivity index (χ1) is 14.6. The van der Waals surface area contributed by atoms with Crippen molar-refractivity contribution >= 4 is 39.0 Å². The van der Waals surface area contributed by atoms with Gasteiger partial charge in [0.2, 0.25) is 10.0 Å². The van der Waals surface area contributed by atoms with Gasteiger partial charge < -0.3 is 10.1 Å². The van der Waals surface area contributed by atoms with Gasteiger partial charge in [-0.2, -0.15) is 5.10 Å². The smallest absolute Gasteiger partial charge is 0.312 e. The van der Waals surface area contributed by atoms with E-state index in [1.54, 1.807) is 18.2 Å². The summed E-state index contributed by atoms with van der Waals surface area (Å²) in [4.78, 5) is 22.2. The molecule has 1 amide bonds. The van der Waals surface area contributed by atoms with Crippen molar-refractivity contribution in [2.45, 2.75) is 11.4 Å². The molecule has 3 rings (SSSR count). The number of nitrogens with two attached hydrogens (primary N) is 1. The SMILES string of the molecule is NS(=O)(=O)c1ccc(OCC(=O)Nc2ccnn2Cc2ccccc2Cl)c([N+](=O)[O-])c1. The van der Waals surface area contributed by atoms with Crippen molar-refractivity contribution in [1.82, 2.24) is 9.78 Å². The van der Waals surface area contributed by atoms with Crippen LogP contribution in [-0.4, -0.2) is 35.6 Å². The third-order valence-corrected chi connectivity index (χ3v) is 5.36. The molecule has 0 aliphatic carbocycles. The predicted molar refractivity (Wildman–Crippen MR) is 111 cm³/mol. The van der Waals surface area contributed by atoms with E-state index >= 15 is 0 Å². The molecule has 13 heteroatoms. The zero-order chi connectivity index (χ0) is 22.6. The van der Waals surface area contributed by atoms with Gasteiger partial charge in [0.1, 0.15) is 5.82 Å². The average Bonchev–Trinajstić information content (AvgIpc) is 3.13. The van der Waals surface area contributed by atoms with Crippen molar-refractivity contribution in [2.24, 2.45) is 5.14 Å². The van der Waals surface area contributed by atoms with Crippen LogP contribution in [0.3, 0.4) is 0 Å². The fourth-order valence-electron chi connectivity index (χ4n) is 2.61. The molecular formula is C18H16ClN5O6S. The van der Waals surface area contributed by atoms with E-state index < -0.39 is 38.0 Å². The minimum Gasteiger partial charge on any atom is -0.477 e. The Morgan fingerprint density at radius 3 is 2.68 bits per heavy atom. The molecule has 0 unspecified atom stereocenters. The number of hydrogen-bond acceptors (Lipinski definition) is 7. The molecule has 0 spiro atoms. The van der Waals surface area contributed by atoms with Crippen molar-refractivity contribution in [3.63, 3.8) is 0 Å². The molecule has 2 aromatic carbocycles. The molecule has 11 nitrogen and oxygen atoms in total. The third-order valence-electron chi connectivity index (χ3n) is 4.08. The summed E-state index contributed by atoms with van der Waals surface area (Å²) < 4.78 is 29.5. The van der Waals surface area contributed by atoms with Crippen molar-refractivity contribution in [1.29, 1.82) is 0 Å². The van der Waals surface area contributed by atoms with Gasteiger partial charge >= 0.3 is 5.69 Å². The van der Waals surface area contributed by atoms with Crippen molar-refractivity contribution < 1.29 is 22.9 Å². The molecule has 31 heavy (non-hydrogen) atoms. The van der Waals surface area contributed by atoms with E-state index in [0.29, 0.717) is 17.4 Å². The number of aromatic nitrogens is 2. The minimum absolute atomic E-state index is 0.280. The Balaban J connectivity index is 1.69. The highest BCUT2D eigenvalue weighted by molar-refractivity contribution is 7.89. The maximum atomic E-state index is 12.3. The van der Waals surface area contributed by atoms with Gasteiger partial charge in [0.15, 0.2) is 12.4 Å². The number of carbonyl (C=O) groups excluding carboxylic acids is 1. The lowest BCUT2D eigenvalue weighted by atomic mass is 10.2. The van der Waals surface area contributed by atoms with Crippen LogP contribution in [0, 0.1) is 10.1 Å². The number of nitrogens with one attached hydrogen (secondary N) is 1. The Bertz CT molecular complexity index is 1240. The Kier molecular flexibility index (Phi) is 6.53. The molecule has 1 heterocycles. The number of nitro groups is 1. The number of halogens is 1. The van der Waals surface area contributed by atoms with Gasteiger partial charge in [-0.15, -0.1) is 0 Å². The second-order valence-corrected chi connectivity index (χ2v) is 8.20. The lowest BCUT2D eigenvalue weighted by Crippen LogP contribution is -2.22. The Morgan fingerprint density at radius 2 is 2.00 bits per heavy atom. The normalized spacial score (nSPS) is 11.2. The first-order valence-electron chi connectivity index (χ1n) is 8.64. The maximum Gasteiger partial charge on any atom is 0.312 e. The third kappa shape index (κ3) is 5.57. The average molecular weight is 466 g/mol. The molecule has 3 aromatic rings. The van der Waals surface area contributed by atoms with E-state index in [1.165, 1.54) is 10.9 Å². The van der Waals surface area contributed by atoms with Crippen molar-refractivity contribution in [3.8, 4) is 5.75 Å². The van der Waals surface area contributed by atoms with Gasteiger partial charge in [-0.1, -0.05) is 29.8 Å². The summed E-state index contributed by atoms with van der Waals surface area (Å²) in [7, 11) is -4.13. The molecule has 1 aromatic heterocycles. The van der Waals surface area contributed by atoms with E-state index in [1.807, 2.05) is 12.1 Å². The number of sulfonamides is 1. The minimum atomic E-state index is -4.13. The topological polar surface area (TPSA) is 159 Å². The number of anilines is 1. The number of nitro benzene ring substituents is 1. The largest absolute Gasteiger partial charge is 0.477 e. The Labute approximate surface area is 181 Å². The maximum absolute atomic E-state index is 12.3. The highest BCUT2D eigenvalue weighted by Gasteiger charge is 2.21. The van der Waals surface area contributed by atoms with Gasteiger partial charge in [0.25, 0.3) is 5.91 Å². The van der Waals surface area contributed by atoms with Crippen LogP contribution in [0.2, 0.25) is 5.02 Å². The van der Waals surface area contributed by atoms with E-state index in [4.69, 9.17) is 21.5 Å². The second-order valence-electron chi connectivity index (χ2n) is 6.23. The van der Waals surface area contributed by atoms with Gasteiger partial charge in [0.05, 0.1) is 22.6 Å². The molecule has 0 saturated carbocycles. The fraction of sp³-hybridized carbons (Fsp3) is 0.111. The number of hydrogen-bond donors (Lipinski definition) is 2. The van der Waals surface area contributed by atoms with Gasteiger partial charge in [-0.3, -0.25) is 14.9 Å². The zero-order valence-electron chi connectivity index (χ0n) is 15.8. The summed E-state index contributed by atoms with van der Waals surface area (Å²) in [5, 5.41) is 23.5. The molecule has 0 bridgehead atoms. The highest BCUT2D eigenvalue weighted by Crippen LogP contribution is 2.29. The molecule has 0 aliphatic rings. The molecule has 0 aliphatic heterocycles. The molecule has 162 valence electrons. The zero-order valence-corrected chi connectivity index (χ0v) is 17.3. The van der Waals surface area contributed by atoms with Crippen LogP contribution in [-0.2, 0) is 21.4 Å².